The van der Waals surface area contributed by atoms with E-state index in [0.29, 0.717) is 16.8 Å². The molecule has 0 aliphatic heterocycles. The quantitative estimate of drug-likeness (QED) is 0.891. The summed E-state index contributed by atoms with van der Waals surface area (Å²) in [7, 11) is 1.73. The topological polar surface area (TPSA) is 84.2 Å². The van der Waals surface area contributed by atoms with E-state index in [1.807, 2.05) is 0 Å². The molecule has 0 saturated heterocycles. The maximum absolute atomic E-state index is 11.9. The number of aromatic carboxylic acids is 1. The maximum Gasteiger partial charge on any atom is 0.335 e. The highest BCUT2D eigenvalue weighted by Gasteiger charge is 2.11. The summed E-state index contributed by atoms with van der Waals surface area (Å²) >= 11 is 3.27. The fourth-order valence-electron chi connectivity index (χ4n) is 1.59. The SMILES string of the molecule is Cn1nc(C(=O)NCc2ccc(C(=O)O)cc2)cc1Br. The number of benzene rings is 1. The van der Waals surface area contributed by atoms with E-state index in [2.05, 4.69) is 26.3 Å². The second-order valence-corrected chi connectivity index (χ2v) is 4.97. The van der Waals surface area contributed by atoms with Gasteiger partial charge in [0.15, 0.2) is 5.69 Å². The minimum absolute atomic E-state index is 0.216. The molecule has 2 aromatic rings. The highest BCUT2D eigenvalue weighted by Crippen LogP contribution is 2.10. The van der Waals surface area contributed by atoms with Crippen LogP contribution in [0.1, 0.15) is 26.4 Å². The fourth-order valence-corrected chi connectivity index (χ4v) is 1.89. The van der Waals surface area contributed by atoms with Gasteiger partial charge in [0.2, 0.25) is 0 Å². The zero-order valence-corrected chi connectivity index (χ0v) is 12.2. The standard InChI is InChI=1S/C13H12BrN3O3/c1-17-11(14)6-10(16-17)12(18)15-7-8-2-4-9(5-3-8)13(19)20/h2-6H,7H2,1H3,(H,15,18)(H,19,20). The molecule has 0 unspecified atom stereocenters. The summed E-state index contributed by atoms with van der Waals surface area (Å²) in [5, 5.41) is 15.5. The van der Waals surface area contributed by atoms with Crippen LogP contribution in [0.25, 0.3) is 0 Å². The van der Waals surface area contributed by atoms with Crippen molar-refractivity contribution in [1.82, 2.24) is 15.1 Å². The van der Waals surface area contributed by atoms with Crippen LogP contribution in [0.15, 0.2) is 34.9 Å². The first-order valence-electron chi connectivity index (χ1n) is 5.77. The van der Waals surface area contributed by atoms with Crippen molar-refractivity contribution in [3.05, 3.63) is 51.8 Å². The van der Waals surface area contributed by atoms with Gasteiger partial charge < -0.3 is 10.4 Å². The third-order valence-electron chi connectivity index (χ3n) is 2.71. The number of carbonyl (C=O) groups is 2. The van der Waals surface area contributed by atoms with Crippen molar-refractivity contribution in [2.24, 2.45) is 7.05 Å². The minimum atomic E-state index is -0.973. The van der Waals surface area contributed by atoms with Gasteiger partial charge in [-0.1, -0.05) is 12.1 Å². The summed E-state index contributed by atoms with van der Waals surface area (Å²) in [5.74, 6) is -1.26. The number of nitrogens with zero attached hydrogens (tertiary/aromatic N) is 2. The lowest BCUT2D eigenvalue weighted by Crippen LogP contribution is -2.23. The Morgan fingerprint density at radius 3 is 2.50 bits per heavy atom. The maximum atomic E-state index is 11.9. The summed E-state index contributed by atoms with van der Waals surface area (Å²) in [4.78, 5) is 22.6. The molecular weight excluding hydrogens is 326 g/mol. The molecule has 104 valence electrons. The molecule has 1 aromatic heterocycles. The van der Waals surface area contributed by atoms with Crippen LogP contribution in [0.5, 0.6) is 0 Å². The van der Waals surface area contributed by atoms with E-state index in [-0.39, 0.29) is 11.5 Å². The third-order valence-corrected chi connectivity index (χ3v) is 3.45. The molecule has 0 bridgehead atoms. The van der Waals surface area contributed by atoms with E-state index in [4.69, 9.17) is 5.11 Å². The molecule has 20 heavy (non-hydrogen) atoms. The van der Waals surface area contributed by atoms with Crippen molar-refractivity contribution < 1.29 is 14.7 Å². The summed E-state index contributed by atoms with van der Waals surface area (Å²) in [5.41, 5.74) is 1.36. The van der Waals surface area contributed by atoms with Gasteiger partial charge in [0.1, 0.15) is 4.60 Å². The largest absolute Gasteiger partial charge is 0.478 e. The Morgan fingerprint density at radius 1 is 1.35 bits per heavy atom. The third kappa shape index (κ3) is 3.24. The first kappa shape index (κ1) is 14.3. The fraction of sp³-hybridized carbons (Fsp3) is 0.154. The number of aromatic nitrogens is 2. The number of carboxylic acid groups (broad SMARTS) is 1. The lowest BCUT2D eigenvalue weighted by molar-refractivity contribution is 0.0696. The van der Waals surface area contributed by atoms with Gasteiger partial charge in [0, 0.05) is 19.7 Å². The average molecular weight is 338 g/mol. The second-order valence-electron chi connectivity index (χ2n) is 4.16. The molecule has 0 spiro atoms. The van der Waals surface area contributed by atoms with E-state index >= 15 is 0 Å². The average Bonchev–Trinajstić information content (AvgIpc) is 2.76. The van der Waals surface area contributed by atoms with Gasteiger partial charge in [-0.2, -0.15) is 5.10 Å². The first-order valence-corrected chi connectivity index (χ1v) is 6.56. The Bertz CT molecular complexity index is 630. The normalized spacial score (nSPS) is 10.3. The predicted octanol–water partition coefficient (Wildman–Crippen LogP) is 1.81. The summed E-state index contributed by atoms with van der Waals surface area (Å²) < 4.78 is 2.27. The summed E-state index contributed by atoms with van der Waals surface area (Å²) in [6, 6.07) is 7.96. The molecule has 0 aliphatic carbocycles. The summed E-state index contributed by atoms with van der Waals surface area (Å²) in [6.07, 6.45) is 0. The molecule has 2 rings (SSSR count). The Morgan fingerprint density at radius 2 is 2.00 bits per heavy atom. The summed E-state index contributed by atoms with van der Waals surface area (Å²) in [6.45, 7) is 0.312. The number of hydrogen-bond acceptors (Lipinski definition) is 3. The van der Waals surface area contributed by atoms with Crippen molar-refractivity contribution >= 4 is 27.8 Å². The molecule has 1 aromatic carbocycles. The van der Waals surface area contributed by atoms with E-state index in [1.165, 1.54) is 12.1 Å². The molecule has 0 aliphatic rings. The van der Waals surface area contributed by atoms with Crippen LogP contribution in [0.2, 0.25) is 0 Å². The molecule has 1 heterocycles. The molecule has 0 radical (unpaired) electrons. The van der Waals surface area contributed by atoms with Gasteiger partial charge >= 0.3 is 5.97 Å². The molecule has 1 amide bonds. The van der Waals surface area contributed by atoms with Gasteiger partial charge in [-0.3, -0.25) is 9.48 Å². The predicted molar refractivity (Wildman–Crippen MR) is 75.5 cm³/mol. The highest BCUT2D eigenvalue weighted by molar-refractivity contribution is 9.10. The number of aryl methyl sites for hydroxylation is 1. The van der Waals surface area contributed by atoms with Crippen LogP contribution in [-0.2, 0) is 13.6 Å². The van der Waals surface area contributed by atoms with Crippen molar-refractivity contribution in [1.29, 1.82) is 0 Å². The zero-order valence-electron chi connectivity index (χ0n) is 10.6. The molecule has 0 atom stereocenters. The van der Waals surface area contributed by atoms with Crippen molar-refractivity contribution in [3.8, 4) is 0 Å². The van der Waals surface area contributed by atoms with Crippen LogP contribution in [-0.4, -0.2) is 26.8 Å². The molecular formula is C13H12BrN3O3. The van der Waals surface area contributed by atoms with Crippen molar-refractivity contribution in [2.45, 2.75) is 6.54 Å². The number of hydrogen-bond donors (Lipinski definition) is 2. The Hall–Kier alpha value is -2.15. The van der Waals surface area contributed by atoms with Gasteiger partial charge in [-0.25, -0.2) is 4.79 Å². The Labute approximate surface area is 123 Å². The number of nitrogens with one attached hydrogen (secondary N) is 1. The van der Waals surface area contributed by atoms with Crippen LogP contribution >= 0.6 is 15.9 Å². The van der Waals surface area contributed by atoms with E-state index in [9.17, 15) is 9.59 Å². The van der Waals surface area contributed by atoms with Crippen LogP contribution in [0.3, 0.4) is 0 Å². The second kappa shape index (κ2) is 5.87. The Kier molecular flexibility index (Phi) is 4.19. The lowest BCUT2D eigenvalue weighted by atomic mass is 10.1. The molecule has 0 saturated carbocycles. The smallest absolute Gasteiger partial charge is 0.335 e. The van der Waals surface area contributed by atoms with E-state index in [1.54, 1.807) is 29.9 Å². The van der Waals surface area contributed by atoms with Crippen molar-refractivity contribution in [3.63, 3.8) is 0 Å². The molecule has 7 heteroatoms. The molecule has 2 N–H and O–H groups in total. The van der Waals surface area contributed by atoms with Gasteiger partial charge in [-0.15, -0.1) is 0 Å². The van der Waals surface area contributed by atoms with Crippen LogP contribution < -0.4 is 5.32 Å². The van der Waals surface area contributed by atoms with Gasteiger partial charge in [-0.05, 0) is 33.6 Å². The lowest BCUT2D eigenvalue weighted by Gasteiger charge is -2.03. The Balaban J connectivity index is 1.98. The number of rotatable bonds is 4. The van der Waals surface area contributed by atoms with Crippen LogP contribution in [0.4, 0.5) is 0 Å². The minimum Gasteiger partial charge on any atom is -0.478 e. The highest BCUT2D eigenvalue weighted by atomic mass is 79.9. The van der Waals surface area contributed by atoms with Gasteiger partial charge in [0.25, 0.3) is 5.91 Å². The van der Waals surface area contributed by atoms with Crippen LogP contribution in [0, 0.1) is 0 Å². The van der Waals surface area contributed by atoms with E-state index in [0.717, 1.165) is 5.56 Å². The van der Waals surface area contributed by atoms with Gasteiger partial charge in [0.05, 0.1) is 5.56 Å². The molecule has 0 fully saturated rings. The zero-order chi connectivity index (χ0) is 14.7. The number of carboxylic acids is 1. The first-order chi connectivity index (χ1) is 9.47. The number of amides is 1. The number of halogens is 1. The monoisotopic (exact) mass is 337 g/mol. The molecule has 6 nitrogen and oxygen atoms in total. The van der Waals surface area contributed by atoms with E-state index < -0.39 is 5.97 Å². The number of carbonyl (C=O) groups excluding carboxylic acids is 1. The van der Waals surface area contributed by atoms with Crippen molar-refractivity contribution in [2.75, 3.05) is 0 Å².